The van der Waals surface area contributed by atoms with E-state index < -0.39 is 0 Å². The van der Waals surface area contributed by atoms with Gasteiger partial charge in [-0.1, -0.05) is 18.2 Å². The second kappa shape index (κ2) is 7.44. The van der Waals surface area contributed by atoms with Crippen molar-refractivity contribution in [1.82, 2.24) is 15.0 Å². The Bertz CT molecular complexity index is 808. The first-order valence-electron chi connectivity index (χ1n) is 7.30. The first-order valence-corrected chi connectivity index (χ1v) is 8.09. The minimum atomic E-state index is 0.438. The molecule has 0 atom stereocenters. The molecule has 3 aromatic rings. The summed E-state index contributed by atoms with van der Waals surface area (Å²) in [5, 5.41) is 0. The maximum atomic E-state index is 5.71. The Hall–Kier alpha value is -2.11. The van der Waals surface area contributed by atoms with Crippen molar-refractivity contribution in [3.8, 4) is 11.4 Å². The van der Waals surface area contributed by atoms with Gasteiger partial charge in [-0.2, -0.15) is 0 Å². The Balaban J connectivity index is 1.66. The fourth-order valence-electron chi connectivity index (χ4n) is 2.18. The lowest BCUT2D eigenvalue weighted by atomic mass is 10.2. The zero-order valence-corrected chi connectivity index (χ0v) is 14.3. The lowest BCUT2D eigenvalue weighted by molar-refractivity contribution is 0.102. The van der Waals surface area contributed by atoms with Crippen molar-refractivity contribution in [2.45, 2.75) is 20.1 Å². The van der Waals surface area contributed by atoms with Crippen LogP contribution in [0.5, 0.6) is 0 Å². The van der Waals surface area contributed by atoms with Crippen LogP contribution in [0.2, 0.25) is 0 Å². The summed E-state index contributed by atoms with van der Waals surface area (Å²) in [5.41, 5.74) is 4.47. The third-order valence-corrected chi connectivity index (χ3v) is 3.67. The van der Waals surface area contributed by atoms with Crippen molar-refractivity contribution < 1.29 is 4.74 Å². The molecule has 0 aliphatic rings. The lowest BCUT2D eigenvalue weighted by Gasteiger charge is -2.06. The molecule has 0 fully saturated rings. The Morgan fingerprint density at radius 2 is 1.39 bits per heavy atom. The number of hydrogen-bond acceptors (Lipinski definition) is 4. The quantitative estimate of drug-likeness (QED) is 0.628. The van der Waals surface area contributed by atoms with Crippen LogP contribution in [-0.4, -0.2) is 15.0 Å². The smallest absolute Gasteiger partial charge is 0.106 e. The highest BCUT2D eigenvalue weighted by atomic mass is 79.9. The van der Waals surface area contributed by atoms with Crippen LogP contribution in [-0.2, 0) is 18.0 Å². The molecule has 4 nitrogen and oxygen atoms in total. The molecule has 116 valence electrons. The number of pyridine rings is 3. The molecule has 0 radical (unpaired) electrons. The molecule has 0 saturated carbocycles. The van der Waals surface area contributed by atoms with Gasteiger partial charge < -0.3 is 4.74 Å². The molecule has 0 aromatic carbocycles. The van der Waals surface area contributed by atoms with E-state index in [4.69, 9.17) is 4.74 Å². The fraction of sp³-hybridized carbons (Fsp3) is 0.167. The molecule has 0 spiro atoms. The van der Waals surface area contributed by atoms with Crippen LogP contribution in [0.15, 0.2) is 59.2 Å². The van der Waals surface area contributed by atoms with Gasteiger partial charge in [0.2, 0.25) is 0 Å². The highest BCUT2D eigenvalue weighted by Crippen LogP contribution is 2.15. The van der Waals surface area contributed by atoms with Gasteiger partial charge in [-0.3, -0.25) is 4.98 Å². The summed E-state index contributed by atoms with van der Waals surface area (Å²) in [6, 6.07) is 17.6. The normalized spacial score (nSPS) is 10.7. The summed E-state index contributed by atoms with van der Waals surface area (Å²) >= 11 is 3.35. The number of aryl methyl sites for hydroxylation is 1. The van der Waals surface area contributed by atoms with Crippen LogP contribution in [0.1, 0.15) is 17.1 Å². The molecular formula is C18H16BrN3O. The van der Waals surface area contributed by atoms with Gasteiger partial charge in [0.15, 0.2) is 0 Å². The molecule has 0 aliphatic carbocycles. The van der Waals surface area contributed by atoms with Gasteiger partial charge in [-0.15, -0.1) is 0 Å². The number of halogens is 1. The molecule has 0 saturated heterocycles. The topological polar surface area (TPSA) is 47.9 Å². The van der Waals surface area contributed by atoms with Gasteiger partial charge in [-0.05, 0) is 59.3 Å². The number of hydrogen-bond donors (Lipinski definition) is 0. The molecular weight excluding hydrogens is 354 g/mol. The highest BCUT2D eigenvalue weighted by molar-refractivity contribution is 9.10. The van der Waals surface area contributed by atoms with Gasteiger partial charge in [0, 0.05) is 5.69 Å². The van der Waals surface area contributed by atoms with E-state index in [1.54, 1.807) is 0 Å². The summed E-state index contributed by atoms with van der Waals surface area (Å²) in [7, 11) is 0. The number of ether oxygens (including phenoxy) is 1. The van der Waals surface area contributed by atoms with Crippen LogP contribution in [0, 0.1) is 6.92 Å². The van der Waals surface area contributed by atoms with Crippen molar-refractivity contribution in [3.63, 3.8) is 0 Å². The second-order valence-corrected chi connectivity index (χ2v) is 5.94. The summed E-state index contributed by atoms with van der Waals surface area (Å²) in [6.07, 6.45) is 0. The largest absolute Gasteiger partial charge is 0.369 e. The maximum Gasteiger partial charge on any atom is 0.106 e. The van der Waals surface area contributed by atoms with Crippen LogP contribution >= 0.6 is 15.9 Å². The minimum Gasteiger partial charge on any atom is -0.369 e. The summed E-state index contributed by atoms with van der Waals surface area (Å²) in [6.45, 7) is 2.86. The fourth-order valence-corrected chi connectivity index (χ4v) is 2.56. The van der Waals surface area contributed by atoms with E-state index in [2.05, 4.69) is 30.9 Å². The van der Waals surface area contributed by atoms with Gasteiger partial charge in [0.25, 0.3) is 0 Å². The Morgan fingerprint density at radius 3 is 2.09 bits per heavy atom. The highest BCUT2D eigenvalue weighted by Gasteiger charge is 2.04. The van der Waals surface area contributed by atoms with Gasteiger partial charge >= 0.3 is 0 Å². The average Bonchev–Trinajstić information content (AvgIpc) is 2.55. The van der Waals surface area contributed by atoms with Crippen molar-refractivity contribution in [2.24, 2.45) is 0 Å². The molecule has 0 N–H and O–H groups in total. The van der Waals surface area contributed by atoms with Crippen molar-refractivity contribution in [2.75, 3.05) is 0 Å². The Morgan fingerprint density at radius 1 is 0.783 bits per heavy atom. The molecule has 3 heterocycles. The maximum absolute atomic E-state index is 5.71. The molecule has 0 unspecified atom stereocenters. The van der Waals surface area contributed by atoms with E-state index in [0.717, 1.165) is 33.1 Å². The monoisotopic (exact) mass is 369 g/mol. The van der Waals surface area contributed by atoms with E-state index in [0.29, 0.717) is 13.2 Å². The third kappa shape index (κ3) is 4.43. The van der Waals surface area contributed by atoms with Crippen molar-refractivity contribution in [1.29, 1.82) is 0 Å². The van der Waals surface area contributed by atoms with Crippen molar-refractivity contribution in [3.05, 3.63) is 76.3 Å². The number of nitrogens with zero attached hydrogens (tertiary/aromatic N) is 3. The molecule has 0 amide bonds. The molecule has 23 heavy (non-hydrogen) atoms. The van der Waals surface area contributed by atoms with E-state index in [1.165, 1.54) is 0 Å². The van der Waals surface area contributed by atoms with Gasteiger partial charge in [0.1, 0.15) is 4.60 Å². The SMILES string of the molecule is Cc1cccc(-c2cccc(COCc3cccc(Br)n3)n2)n1. The zero-order valence-electron chi connectivity index (χ0n) is 12.7. The standard InChI is InChI=1S/C18H16BrN3O/c1-13-5-2-8-16(20-13)17-9-3-6-14(21-17)11-23-12-15-7-4-10-18(19)22-15/h2-10H,11-12H2,1H3. The Kier molecular flexibility index (Phi) is 5.10. The predicted molar refractivity (Wildman–Crippen MR) is 92.6 cm³/mol. The molecule has 0 bridgehead atoms. The van der Waals surface area contributed by atoms with Crippen LogP contribution in [0.4, 0.5) is 0 Å². The third-order valence-electron chi connectivity index (χ3n) is 3.23. The van der Waals surface area contributed by atoms with Crippen LogP contribution < -0.4 is 0 Å². The molecule has 3 rings (SSSR count). The second-order valence-electron chi connectivity index (χ2n) is 5.12. The number of rotatable bonds is 5. The summed E-state index contributed by atoms with van der Waals surface area (Å²) in [5.74, 6) is 0. The van der Waals surface area contributed by atoms with E-state index in [9.17, 15) is 0 Å². The molecule has 0 aliphatic heterocycles. The summed E-state index contributed by atoms with van der Waals surface area (Å²) in [4.78, 5) is 13.5. The van der Waals surface area contributed by atoms with Gasteiger partial charge in [0.05, 0.1) is 36.0 Å². The van der Waals surface area contributed by atoms with E-state index in [1.807, 2.05) is 61.5 Å². The molecule has 5 heteroatoms. The first kappa shape index (κ1) is 15.8. The van der Waals surface area contributed by atoms with Crippen LogP contribution in [0.25, 0.3) is 11.4 Å². The number of aromatic nitrogens is 3. The van der Waals surface area contributed by atoms with Crippen LogP contribution in [0.3, 0.4) is 0 Å². The van der Waals surface area contributed by atoms with E-state index >= 15 is 0 Å². The summed E-state index contributed by atoms with van der Waals surface area (Å²) < 4.78 is 6.52. The first-order chi connectivity index (χ1) is 11.2. The van der Waals surface area contributed by atoms with Crippen molar-refractivity contribution >= 4 is 15.9 Å². The Labute approximate surface area is 143 Å². The van der Waals surface area contributed by atoms with Gasteiger partial charge in [-0.25, -0.2) is 9.97 Å². The van der Waals surface area contributed by atoms with E-state index in [-0.39, 0.29) is 0 Å². The zero-order chi connectivity index (χ0) is 16.1. The minimum absolute atomic E-state index is 0.438. The molecule has 3 aromatic heterocycles. The predicted octanol–water partition coefficient (Wildman–Crippen LogP) is 4.33. The lowest BCUT2D eigenvalue weighted by Crippen LogP contribution is -1.99. The average molecular weight is 370 g/mol.